The number of pyridine rings is 1. The molecule has 12 nitrogen and oxygen atoms in total. The number of hydrogen-bond donors (Lipinski definition) is 7. The molecule has 0 spiro atoms. The number of hydrogen-bond acceptors (Lipinski definition) is 8. The maximum Gasteiger partial charge on any atom is 0.223 e. The summed E-state index contributed by atoms with van der Waals surface area (Å²) < 4.78 is 0. The first-order valence-electron chi connectivity index (χ1n) is 22.2. The first-order valence-corrected chi connectivity index (χ1v) is 22.2. The Hall–Kier alpha value is -3.09. The number of aliphatic hydroxyl groups excluding tert-OH is 1. The van der Waals surface area contributed by atoms with Crippen molar-refractivity contribution >= 4 is 23.6 Å². The Kier molecular flexibility index (Phi) is 40.2. The van der Waals surface area contributed by atoms with E-state index in [1.54, 1.807) is 20.0 Å². The summed E-state index contributed by atoms with van der Waals surface area (Å²) in [6, 6.07) is 5.73. The van der Waals surface area contributed by atoms with Gasteiger partial charge in [0.2, 0.25) is 23.6 Å². The van der Waals surface area contributed by atoms with Crippen LogP contribution in [-0.2, 0) is 25.7 Å². The van der Waals surface area contributed by atoms with Crippen molar-refractivity contribution in [2.24, 2.45) is 53.1 Å². The van der Waals surface area contributed by atoms with Gasteiger partial charge in [0, 0.05) is 56.0 Å². The Labute approximate surface area is 362 Å². The van der Waals surface area contributed by atoms with Crippen molar-refractivity contribution in [3.8, 4) is 0 Å². The van der Waals surface area contributed by atoms with E-state index in [1.165, 1.54) is 0 Å². The molecular weight excluding hydrogens is 745 g/mol. The molecule has 8 N–H and O–H groups in total. The number of carbonyl (C=O) groups is 4. The number of nitrogens with zero attached hydrogens (tertiary/aromatic N) is 1. The van der Waals surface area contributed by atoms with E-state index >= 15 is 0 Å². The summed E-state index contributed by atoms with van der Waals surface area (Å²) in [5, 5.41) is 29.4. The molecule has 348 valence electrons. The zero-order valence-corrected chi connectivity index (χ0v) is 39.4. The van der Waals surface area contributed by atoms with E-state index in [0.29, 0.717) is 56.4 Å². The van der Waals surface area contributed by atoms with E-state index in [9.17, 15) is 24.3 Å². The fourth-order valence-electron chi connectivity index (χ4n) is 6.20. The summed E-state index contributed by atoms with van der Waals surface area (Å²) in [4.78, 5) is 51.1. The summed E-state index contributed by atoms with van der Waals surface area (Å²) in [6.45, 7) is 30.7. The highest BCUT2D eigenvalue weighted by molar-refractivity contribution is 5.80. The van der Waals surface area contributed by atoms with Gasteiger partial charge in [-0.1, -0.05) is 122 Å². The van der Waals surface area contributed by atoms with Crippen LogP contribution in [0.25, 0.3) is 0 Å². The molecule has 0 aliphatic heterocycles. The number of rotatable bonds is 24. The lowest BCUT2D eigenvalue weighted by molar-refractivity contribution is -0.128. The molecule has 0 fully saturated rings. The third kappa shape index (κ3) is 33.3. The maximum atomic E-state index is 12.0. The zero-order valence-electron chi connectivity index (χ0n) is 39.4. The van der Waals surface area contributed by atoms with Crippen LogP contribution in [0.2, 0.25) is 0 Å². The van der Waals surface area contributed by atoms with Crippen LogP contribution < -0.4 is 27.0 Å². The molecule has 0 aliphatic rings. The smallest absolute Gasteiger partial charge is 0.223 e. The van der Waals surface area contributed by atoms with Gasteiger partial charge in [0.25, 0.3) is 0 Å². The third-order valence-electron chi connectivity index (χ3n) is 9.68. The largest absolute Gasteiger partial charge is 0.395 e. The fourth-order valence-corrected chi connectivity index (χ4v) is 6.20. The van der Waals surface area contributed by atoms with Gasteiger partial charge in [0.15, 0.2) is 0 Å². The Morgan fingerprint density at radius 1 is 0.627 bits per heavy atom. The highest BCUT2D eigenvalue weighted by atomic mass is 16.3. The van der Waals surface area contributed by atoms with Crippen LogP contribution >= 0.6 is 0 Å². The van der Waals surface area contributed by atoms with Gasteiger partial charge in [-0.15, -0.1) is 0 Å². The highest BCUT2D eigenvalue weighted by Crippen LogP contribution is 2.19. The fraction of sp³-hybridized carbons (Fsp3) is 0.809. The molecule has 4 unspecified atom stereocenters. The van der Waals surface area contributed by atoms with Gasteiger partial charge in [0.05, 0.1) is 24.4 Å². The molecule has 0 radical (unpaired) electrons. The molecular formula is C47H94N6O6. The normalized spacial score (nSPS) is 12.9. The van der Waals surface area contributed by atoms with Gasteiger partial charge < -0.3 is 37.2 Å². The minimum atomic E-state index is -0.830. The average molecular weight is 839 g/mol. The lowest BCUT2D eigenvalue weighted by Crippen LogP contribution is -2.42. The molecule has 59 heavy (non-hydrogen) atoms. The van der Waals surface area contributed by atoms with E-state index in [1.807, 2.05) is 18.2 Å². The van der Waals surface area contributed by atoms with E-state index < -0.39 is 5.60 Å². The van der Waals surface area contributed by atoms with Gasteiger partial charge in [0.1, 0.15) is 0 Å². The van der Waals surface area contributed by atoms with Gasteiger partial charge in [-0.2, -0.15) is 0 Å². The monoisotopic (exact) mass is 839 g/mol. The van der Waals surface area contributed by atoms with E-state index in [-0.39, 0.29) is 61.3 Å². The third-order valence-corrected chi connectivity index (χ3v) is 9.68. The Balaban J connectivity index is -0.000000342. The molecule has 0 saturated heterocycles. The van der Waals surface area contributed by atoms with Gasteiger partial charge in [-0.25, -0.2) is 0 Å². The first kappa shape index (κ1) is 62.6. The second kappa shape index (κ2) is 37.9. The van der Waals surface area contributed by atoms with Crippen LogP contribution in [0.5, 0.6) is 0 Å². The second-order valence-electron chi connectivity index (χ2n) is 17.2. The lowest BCUT2D eigenvalue weighted by atomic mass is 9.90. The molecule has 1 aromatic rings. The van der Waals surface area contributed by atoms with Gasteiger partial charge in [-0.3, -0.25) is 24.2 Å². The number of nitrogens with two attached hydrogens (primary N) is 1. The Morgan fingerprint density at radius 2 is 0.983 bits per heavy atom. The zero-order chi connectivity index (χ0) is 45.3. The van der Waals surface area contributed by atoms with Crippen molar-refractivity contribution in [3.63, 3.8) is 0 Å². The molecule has 0 aliphatic carbocycles. The summed E-state index contributed by atoms with van der Waals surface area (Å²) in [5.74, 6) is 2.39. The lowest BCUT2D eigenvalue weighted by Gasteiger charge is -2.23. The SMILES string of the molecule is C.CCCC(C(=O)NCC(C)(C)O)C(C)C.CCCC(C(=O)NCCN)C(C)C.CCCC(C(=O)NCCO)C(C)C.CCCC(C(=O)NCc1ccccn1)C(C)C. The number of aromatic nitrogens is 1. The van der Waals surface area contributed by atoms with Crippen LogP contribution in [-0.4, -0.2) is 77.2 Å². The number of carbonyl (C=O) groups excluding carboxylic acids is 4. The summed E-state index contributed by atoms with van der Waals surface area (Å²) in [6.07, 6.45) is 9.63. The molecule has 4 atom stereocenters. The predicted octanol–water partition coefficient (Wildman–Crippen LogP) is 7.65. The minimum Gasteiger partial charge on any atom is -0.395 e. The summed E-state index contributed by atoms with van der Waals surface area (Å²) in [7, 11) is 0. The van der Waals surface area contributed by atoms with Crippen LogP contribution in [0.3, 0.4) is 0 Å². The quantitative estimate of drug-likeness (QED) is 0.0551. The average Bonchev–Trinajstić information content (AvgIpc) is 3.16. The molecule has 0 saturated carbocycles. The van der Waals surface area contributed by atoms with E-state index in [2.05, 4.69) is 109 Å². The molecule has 12 heteroatoms. The van der Waals surface area contributed by atoms with Crippen LogP contribution in [0.4, 0.5) is 0 Å². The standard InChI is InChI=1S/C14H22N2O.C12H25NO2.C10H22N2O.C10H21NO2.CH4/c1-4-7-13(11(2)3)14(17)16-10-12-8-5-6-9-15-12;1-6-7-10(9(2)3)11(14)13-8-12(4,5)15;1-4-5-9(8(2)3)10(13)12-7-6-11;1-4-5-9(8(2)3)10(13)11-6-7-12;/h5-6,8-9,11,13H,4,7,10H2,1-3H3,(H,16,17);9-10,15H,6-8H2,1-5H3,(H,13,14);8-9H,4-7,11H2,1-3H3,(H,12,13);8-9,12H,4-7H2,1-3H3,(H,11,13);1H4. The molecule has 0 aromatic carbocycles. The highest BCUT2D eigenvalue weighted by Gasteiger charge is 2.24. The first-order chi connectivity index (χ1) is 27.2. The van der Waals surface area contributed by atoms with Crippen molar-refractivity contribution in [3.05, 3.63) is 30.1 Å². The maximum absolute atomic E-state index is 12.0. The van der Waals surface area contributed by atoms with Crippen LogP contribution in [0, 0.1) is 47.3 Å². The topological polar surface area (TPSA) is 196 Å². The van der Waals surface area contributed by atoms with Crippen molar-refractivity contribution in [1.29, 1.82) is 0 Å². The molecule has 0 bridgehead atoms. The Morgan fingerprint density at radius 3 is 1.27 bits per heavy atom. The second-order valence-corrected chi connectivity index (χ2v) is 17.2. The molecule has 1 heterocycles. The molecule has 1 rings (SSSR count). The van der Waals surface area contributed by atoms with E-state index in [4.69, 9.17) is 10.8 Å². The van der Waals surface area contributed by atoms with Crippen molar-refractivity contribution in [1.82, 2.24) is 26.3 Å². The minimum absolute atomic E-state index is 0. The van der Waals surface area contributed by atoms with E-state index in [0.717, 1.165) is 57.1 Å². The molecule has 4 amide bonds. The van der Waals surface area contributed by atoms with Gasteiger partial charge in [-0.05, 0) is 75.3 Å². The van der Waals surface area contributed by atoms with Crippen LogP contribution in [0.1, 0.15) is 161 Å². The predicted molar refractivity (Wildman–Crippen MR) is 247 cm³/mol. The molecule has 1 aromatic heterocycles. The van der Waals surface area contributed by atoms with Crippen LogP contribution in [0.15, 0.2) is 24.4 Å². The Bertz CT molecular complexity index is 1140. The van der Waals surface area contributed by atoms with Crippen molar-refractivity contribution < 1.29 is 29.4 Å². The van der Waals surface area contributed by atoms with Crippen molar-refractivity contribution in [2.75, 3.05) is 32.8 Å². The number of amides is 4. The summed E-state index contributed by atoms with van der Waals surface area (Å²) in [5.41, 5.74) is 5.38. The van der Waals surface area contributed by atoms with Crippen molar-refractivity contribution in [2.45, 2.75) is 168 Å². The summed E-state index contributed by atoms with van der Waals surface area (Å²) >= 11 is 0. The van der Waals surface area contributed by atoms with Gasteiger partial charge >= 0.3 is 0 Å². The number of nitrogens with one attached hydrogen (secondary N) is 4. The number of aliphatic hydroxyl groups is 2.